The van der Waals surface area contributed by atoms with Gasteiger partial charge >= 0.3 is 0 Å². The van der Waals surface area contributed by atoms with E-state index in [0.29, 0.717) is 65.4 Å². The number of hydrogen-bond donors (Lipinski definition) is 2. The number of pyridine rings is 2. The summed E-state index contributed by atoms with van der Waals surface area (Å²) in [5.74, 6) is 1.91. The van der Waals surface area contributed by atoms with Gasteiger partial charge in [-0.1, -0.05) is 25.7 Å². The molecule has 1 aliphatic carbocycles. The molecule has 4 aromatic rings. The first-order chi connectivity index (χ1) is 20.0. The Kier molecular flexibility index (Phi) is 7.67. The summed E-state index contributed by atoms with van der Waals surface area (Å²) in [5.41, 5.74) is 3.25. The molecule has 2 aromatic carbocycles. The van der Waals surface area contributed by atoms with E-state index in [2.05, 4.69) is 20.6 Å². The van der Waals surface area contributed by atoms with Crippen LogP contribution >= 0.6 is 0 Å². The monoisotopic (exact) mass is 552 g/mol. The van der Waals surface area contributed by atoms with Gasteiger partial charge in [-0.2, -0.15) is 0 Å². The van der Waals surface area contributed by atoms with Crippen molar-refractivity contribution in [3.05, 3.63) is 77.6 Å². The second kappa shape index (κ2) is 11.8. The van der Waals surface area contributed by atoms with Gasteiger partial charge in [0.2, 0.25) is 5.88 Å². The number of aromatic nitrogens is 2. The van der Waals surface area contributed by atoms with Crippen molar-refractivity contribution in [3.8, 4) is 17.4 Å². The van der Waals surface area contributed by atoms with Crippen LogP contribution in [0.25, 0.3) is 10.9 Å². The van der Waals surface area contributed by atoms with E-state index in [9.17, 15) is 9.59 Å². The van der Waals surface area contributed by atoms with E-state index in [1.165, 1.54) is 25.7 Å². The average molecular weight is 553 g/mol. The molecule has 41 heavy (non-hydrogen) atoms. The zero-order valence-corrected chi connectivity index (χ0v) is 22.9. The van der Waals surface area contributed by atoms with Crippen molar-refractivity contribution < 1.29 is 23.8 Å². The van der Waals surface area contributed by atoms with Gasteiger partial charge in [-0.15, -0.1) is 0 Å². The van der Waals surface area contributed by atoms with E-state index >= 15 is 0 Å². The number of carbonyl (C=O) groups excluding carboxylic acids is 2. The van der Waals surface area contributed by atoms with Gasteiger partial charge in [-0.25, -0.2) is 4.98 Å². The van der Waals surface area contributed by atoms with Gasteiger partial charge in [0, 0.05) is 22.6 Å². The fraction of sp³-hybridized carbons (Fsp3) is 0.312. The first-order valence-electron chi connectivity index (χ1n) is 14.0. The van der Waals surface area contributed by atoms with Crippen LogP contribution in [0, 0.1) is 12.8 Å². The van der Waals surface area contributed by atoms with Crippen LogP contribution < -0.4 is 24.8 Å². The third-order valence-corrected chi connectivity index (χ3v) is 7.57. The Bertz CT molecular complexity index is 1600. The summed E-state index contributed by atoms with van der Waals surface area (Å²) in [4.78, 5) is 35.0. The molecule has 0 radical (unpaired) electrons. The fourth-order valence-corrected chi connectivity index (χ4v) is 5.27. The summed E-state index contributed by atoms with van der Waals surface area (Å²) in [5, 5.41) is 6.60. The molecule has 2 aliphatic rings. The van der Waals surface area contributed by atoms with E-state index < -0.39 is 0 Å². The van der Waals surface area contributed by atoms with E-state index in [0.717, 1.165) is 23.2 Å². The second-order valence-electron chi connectivity index (χ2n) is 10.5. The Morgan fingerprint density at radius 3 is 2.51 bits per heavy atom. The van der Waals surface area contributed by atoms with Crippen LogP contribution in [0.15, 0.2) is 60.8 Å². The Morgan fingerprint density at radius 2 is 1.66 bits per heavy atom. The van der Waals surface area contributed by atoms with Crippen molar-refractivity contribution in [1.29, 1.82) is 0 Å². The predicted molar refractivity (Wildman–Crippen MR) is 156 cm³/mol. The molecular formula is C32H32N4O5. The minimum Gasteiger partial charge on any atom is -0.486 e. The number of aryl methyl sites for hydroxylation is 1. The van der Waals surface area contributed by atoms with Crippen molar-refractivity contribution in [2.75, 3.05) is 30.5 Å². The molecule has 1 fully saturated rings. The average Bonchev–Trinajstić information content (AvgIpc) is 3.52. The lowest BCUT2D eigenvalue weighted by Crippen LogP contribution is -2.17. The standard InChI is InChI=1S/C32H32N4O5/c1-20-27(18-25(19-33-20)34-31(37)24-7-10-28-29(17-24)40-15-14-39-28)36-32(38)23-6-9-26-22(16-23)8-11-30(35-26)41-13-12-21-4-2-3-5-21/h6-11,16-19,21H,2-5,12-15H2,1H3,(H,34,37)(H,36,38). The summed E-state index contributed by atoms with van der Waals surface area (Å²) < 4.78 is 17.0. The number of anilines is 2. The Labute approximate surface area is 238 Å². The summed E-state index contributed by atoms with van der Waals surface area (Å²) in [6.07, 6.45) is 7.88. The number of nitrogens with zero attached hydrogens (tertiary/aromatic N) is 2. The maximum atomic E-state index is 13.1. The van der Waals surface area contributed by atoms with E-state index in [1.54, 1.807) is 49.5 Å². The summed E-state index contributed by atoms with van der Waals surface area (Å²) in [7, 11) is 0. The predicted octanol–water partition coefficient (Wildman–Crippen LogP) is 6.17. The highest BCUT2D eigenvalue weighted by Gasteiger charge is 2.17. The van der Waals surface area contributed by atoms with Gasteiger partial charge in [0.05, 0.1) is 35.4 Å². The smallest absolute Gasteiger partial charge is 0.255 e. The molecule has 0 unspecified atom stereocenters. The molecule has 0 bridgehead atoms. The van der Waals surface area contributed by atoms with Crippen LogP contribution in [0.5, 0.6) is 17.4 Å². The summed E-state index contributed by atoms with van der Waals surface area (Å²) in [6, 6.07) is 15.9. The highest BCUT2D eigenvalue weighted by molar-refractivity contribution is 6.07. The largest absolute Gasteiger partial charge is 0.486 e. The topological polar surface area (TPSA) is 112 Å². The molecule has 2 amide bonds. The van der Waals surface area contributed by atoms with Crippen LogP contribution in [0.2, 0.25) is 0 Å². The molecular weight excluding hydrogens is 520 g/mol. The van der Waals surface area contributed by atoms with Crippen LogP contribution in [-0.2, 0) is 0 Å². The van der Waals surface area contributed by atoms with Gasteiger partial charge in [-0.3, -0.25) is 14.6 Å². The highest BCUT2D eigenvalue weighted by atomic mass is 16.6. The van der Waals surface area contributed by atoms with E-state index in [1.807, 2.05) is 18.2 Å². The minimum atomic E-state index is -0.325. The number of rotatable bonds is 8. The lowest BCUT2D eigenvalue weighted by Gasteiger charge is -2.18. The molecule has 0 saturated heterocycles. The molecule has 1 saturated carbocycles. The molecule has 0 spiro atoms. The Balaban J connectivity index is 1.10. The lowest BCUT2D eigenvalue weighted by atomic mass is 10.1. The molecule has 9 nitrogen and oxygen atoms in total. The SMILES string of the molecule is Cc1ncc(NC(=O)c2ccc3c(c2)OCCO3)cc1NC(=O)c1ccc2nc(OCCC3CCCC3)ccc2c1. The Morgan fingerprint density at radius 1 is 0.902 bits per heavy atom. The first-order valence-corrected chi connectivity index (χ1v) is 14.0. The third-order valence-electron chi connectivity index (χ3n) is 7.57. The van der Waals surface area contributed by atoms with Gasteiger partial charge in [0.1, 0.15) is 13.2 Å². The number of benzene rings is 2. The number of amides is 2. The van der Waals surface area contributed by atoms with E-state index in [4.69, 9.17) is 14.2 Å². The van der Waals surface area contributed by atoms with Gasteiger partial charge in [0.25, 0.3) is 11.8 Å². The van der Waals surface area contributed by atoms with Crippen LogP contribution in [0.3, 0.4) is 0 Å². The molecule has 2 aromatic heterocycles. The number of ether oxygens (including phenoxy) is 3. The number of fused-ring (bicyclic) bond motifs is 2. The maximum absolute atomic E-state index is 13.1. The lowest BCUT2D eigenvalue weighted by molar-refractivity contribution is 0.101. The van der Waals surface area contributed by atoms with Gasteiger partial charge in [-0.05, 0) is 67.8 Å². The number of nitrogens with one attached hydrogen (secondary N) is 2. The third kappa shape index (κ3) is 6.24. The zero-order chi connectivity index (χ0) is 28.2. The summed E-state index contributed by atoms with van der Waals surface area (Å²) in [6.45, 7) is 3.38. The van der Waals surface area contributed by atoms with Gasteiger partial charge < -0.3 is 24.8 Å². The summed E-state index contributed by atoms with van der Waals surface area (Å²) >= 11 is 0. The van der Waals surface area contributed by atoms with Crippen molar-refractivity contribution in [2.45, 2.75) is 39.0 Å². The van der Waals surface area contributed by atoms with Crippen molar-refractivity contribution in [1.82, 2.24) is 9.97 Å². The normalized spacial score (nSPS) is 14.6. The minimum absolute atomic E-state index is 0.288. The molecule has 1 aliphatic heterocycles. The second-order valence-corrected chi connectivity index (χ2v) is 10.5. The van der Waals surface area contributed by atoms with Crippen LogP contribution in [0.1, 0.15) is 58.5 Å². The molecule has 210 valence electrons. The Hall–Kier alpha value is -4.66. The van der Waals surface area contributed by atoms with Crippen molar-refractivity contribution in [2.24, 2.45) is 5.92 Å². The molecule has 3 heterocycles. The fourth-order valence-electron chi connectivity index (χ4n) is 5.27. The maximum Gasteiger partial charge on any atom is 0.255 e. The van der Waals surface area contributed by atoms with Gasteiger partial charge in [0.15, 0.2) is 11.5 Å². The quantitative estimate of drug-likeness (QED) is 0.269. The molecule has 9 heteroatoms. The van der Waals surface area contributed by atoms with Crippen molar-refractivity contribution in [3.63, 3.8) is 0 Å². The highest BCUT2D eigenvalue weighted by Crippen LogP contribution is 2.31. The molecule has 6 rings (SSSR count). The van der Waals surface area contributed by atoms with Crippen LogP contribution in [0.4, 0.5) is 11.4 Å². The molecule has 2 N–H and O–H groups in total. The van der Waals surface area contributed by atoms with Crippen LogP contribution in [-0.4, -0.2) is 41.6 Å². The van der Waals surface area contributed by atoms with E-state index in [-0.39, 0.29) is 11.8 Å². The molecule has 0 atom stereocenters. The van der Waals surface area contributed by atoms with Crippen molar-refractivity contribution >= 4 is 34.1 Å². The number of hydrogen-bond acceptors (Lipinski definition) is 7. The zero-order valence-electron chi connectivity index (χ0n) is 22.9. The first kappa shape index (κ1) is 26.6. The number of carbonyl (C=O) groups is 2.